The molecule has 1 fully saturated rings. The minimum Gasteiger partial charge on any atom is -0.348 e. The number of likely N-dealkylation sites (tertiary alicyclic amines) is 1. The average Bonchev–Trinajstić information content (AvgIpc) is 2.72. The van der Waals surface area contributed by atoms with E-state index >= 15 is 0 Å². The lowest BCUT2D eigenvalue weighted by Gasteiger charge is -2.18. The van der Waals surface area contributed by atoms with E-state index in [1.54, 1.807) is 0 Å². The molecule has 0 aliphatic carbocycles. The molecule has 4 heteroatoms. The van der Waals surface area contributed by atoms with Gasteiger partial charge in [0.2, 0.25) is 0 Å². The lowest BCUT2D eigenvalue weighted by atomic mass is 10.1. The summed E-state index contributed by atoms with van der Waals surface area (Å²) in [6, 6.07) is 0.654. The molecule has 0 saturated carbocycles. The number of rotatable bonds is 4. The van der Waals surface area contributed by atoms with Crippen molar-refractivity contribution in [1.82, 2.24) is 20.2 Å². The highest BCUT2D eigenvalue weighted by Gasteiger charge is 2.15. The largest absolute Gasteiger partial charge is 0.348 e. The molecule has 0 radical (unpaired) electrons. The van der Waals surface area contributed by atoms with Gasteiger partial charge in [0.1, 0.15) is 5.82 Å². The fraction of sp³-hybridized carbons (Fsp3) is 0.750. The van der Waals surface area contributed by atoms with Crippen LogP contribution >= 0.6 is 0 Å². The van der Waals surface area contributed by atoms with Gasteiger partial charge in [-0.15, -0.1) is 0 Å². The molecule has 1 aliphatic rings. The molecule has 0 bridgehead atoms. The Hall–Kier alpha value is -0.870. The predicted octanol–water partition coefficient (Wildman–Crippen LogP) is 1.37. The molecule has 90 valence electrons. The fourth-order valence-electron chi connectivity index (χ4n) is 2.31. The van der Waals surface area contributed by atoms with Crippen LogP contribution in [-0.4, -0.2) is 40.5 Å². The molecule has 2 heterocycles. The van der Waals surface area contributed by atoms with E-state index in [9.17, 15) is 0 Å². The van der Waals surface area contributed by atoms with Gasteiger partial charge >= 0.3 is 0 Å². The van der Waals surface area contributed by atoms with Crippen LogP contribution in [0, 0.1) is 0 Å². The van der Waals surface area contributed by atoms with Gasteiger partial charge in [-0.3, -0.25) is 0 Å². The molecule has 1 atom stereocenters. The minimum absolute atomic E-state index is 0.654. The van der Waals surface area contributed by atoms with E-state index in [1.807, 2.05) is 12.4 Å². The van der Waals surface area contributed by atoms with Gasteiger partial charge in [0.25, 0.3) is 0 Å². The van der Waals surface area contributed by atoms with Gasteiger partial charge in [0.15, 0.2) is 0 Å². The van der Waals surface area contributed by atoms with Crippen LogP contribution in [0.2, 0.25) is 0 Å². The summed E-state index contributed by atoms with van der Waals surface area (Å²) >= 11 is 0. The van der Waals surface area contributed by atoms with Crippen molar-refractivity contribution in [2.75, 3.05) is 19.6 Å². The van der Waals surface area contributed by atoms with Gasteiger partial charge in [0, 0.05) is 18.4 Å². The van der Waals surface area contributed by atoms with E-state index in [2.05, 4.69) is 27.1 Å². The lowest BCUT2D eigenvalue weighted by molar-refractivity contribution is 0.297. The van der Waals surface area contributed by atoms with E-state index in [-0.39, 0.29) is 0 Å². The summed E-state index contributed by atoms with van der Waals surface area (Å²) < 4.78 is 0. The second-order valence-electron chi connectivity index (χ2n) is 4.48. The van der Waals surface area contributed by atoms with Crippen molar-refractivity contribution < 1.29 is 0 Å². The molecule has 1 aromatic rings. The minimum atomic E-state index is 0.654. The first-order valence-corrected chi connectivity index (χ1v) is 6.32. The van der Waals surface area contributed by atoms with Crippen molar-refractivity contribution in [2.45, 2.75) is 38.8 Å². The Kier molecular flexibility index (Phi) is 4.36. The molecule has 0 amide bonds. The standard InChI is InChI=1S/C12H22N4/c1-2-16-8-3-4-11(5-9-16)15-10-12-13-6-7-14-12/h6-7,11,15H,2-5,8-10H2,1H3,(H,13,14). The van der Waals surface area contributed by atoms with Gasteiger partial charge in [-0.25, -0.2) is 4.98 Å². The summed E-state index contributed by atoms with van der Waals surface area (Å²) in [6.45, 7) is 6.78. The first-order valence-electron chi connectivity index (χ1n) is 6.32. The van der Waals surface area contributed by atoms with Gasteiger partial charge in [-0.05, 0) is 38.9 Å². The smallest absolute Gasteiger partial charge is 0.120 e. The predicted molar refractivity (Wildman–Crippen MR) is 65.2 cm³/mol. The van der Waals surface area contributed by atoms with Crippen LogP contribution in [-0.2, 0) is 6.54 Å². The Balaban J connectivity index is 1.73. The van der Waals surface area contributed by atoms with Crippen LogP contribution in [0.25, 0.3) is 0 Å². The van der Waals surface area contributed by atoms with Crippen molar-refractivity contribution in [2.24, 2.45) is 0 Å². The van der Waals surface area contributed by atoms with Crippen LogP contribution in [0.4, 0.5) is 0 Å². The highest BCUT2D eigenvalue weighted by atomic mass is 15.1. The van der Waals surface area contributed by atoms with Crippen molar-refractivity contribution in [1.29, 1.82) is 0 Å². The number of imidazole rings is 1. The number of H-pyrrole nitrogens is 1. The van der Waals surface area contributed by atoms with Crippen LogP contribution < -0.4 is 5.32 Å². The molecular weight excluding hydrogens is 200 g/mol. The Morgan fingerprint density at radius 2 is 2.44 bits per heavy atom. The Labute approximate surface area is 97.4 Å². The first kappa shape index (κ1) is 11.6. The number of nitrogens with one attached hydrogen (secondary N) is 2. The van der Waals surface area contributed by atoms with Gasteiger partial charge in [0.05, 0.1) is 6.54 Å². The summed E-state index contributed by atoms with van der Waals surface area (Å²) in [7, 11) is 0. The third-order valence-electron chi connectivity index (χ3n) is 3.38. The molecule has 2 N–H and O–H groups in total. The number of aromatic nitrogens is 2. The molecule has 2 rings (SSSR count). The third kappa shape index (κ3) is 3.32. The molecule has 0 aromatic carbocycles. The summed E-state index contributed by atoms with van der Waals surface area (Å²) in [5.74, 6) is 1.04. The van der Waals surface area contributed by atoms with Gasteiger partial charge in [-0.2, -0.15) is 0 Å². The van der Waals surface area contributed by atoms with Crippen molar-refractivity contribution in [3.8, 4) is 0 Å². The van der Waals surface area contributed by atoms with Crippen molar-refractivity contribution in [3.05, 3.63) is 18.2 Å². The topological polar surface area (TPSA) is 44.0 Å². The first-order chi connectivity index (χ1) is 7.88. The molecule has 1 saturated heterocycles. The molecule has 1 unspecified atom stereocenters. The van der Waals surface area contributed by atoms with Crippen LogP contribution in [0.1, 0.15) is 32.0 Å². The van der Waals surface area contributed by atoms with E-state index in [0.29, 0.717) is 6.04 Å². The van der Waals surface area contributed by atoms with E-state index < -0.39 is 0 Å². The third-order valence-corrected chi connectivity index (χ3v) is 3.38. The molecule has 0 spiro atoms. The van der Waals surface area contributed by atoms with Crippen molar-refractivity contribution >= 4 is 0 Å². The Bertz CT molecular complexity index is 283. The maximum atomic E-state index is 4.23. The highest BCUT2D eigenvalue weighted by molar-refractivity contribution is 4.87. The Morgan fingerprint density at radius 1 is 1.50 bits per heavy atom. The number of aromatic amines is 1. The summed E-state index contributed by atoms with van der Waals surface area (Å²) in [4.78, 5) is 9.89. The van der Waals surface area contributed by atoms with E-state index in [0.717, 1.165) is 12.4 Å². The fourth-order valence-corrected chi connectivity index (χ4v) is 2.31. The zero-order valence-corrected chi connectivity index (χ0v) is 10.1. The van der Waals surface area contributed by atoms with Gasteiger partial charge < -0.3 is 15.2 Å². The normalized spacial score (nSPS) is 23.2. The van der Waals surface area contributed by atoms with E-state index in [1.165, 1.54) is 38.9 Å². The van der Waals surface area contributed by atoms with Crippen LogP contribution in [0.15, 0.2) is 12.4 Å². The summed E-state index contributed by atoms with van der Waals surface area (Å²) in [6.07, 6.45) is 7.54. The Morgan fingerprint density at radius 3 is 3.19 bits per heavy atom. The average molecular weight is 222 g/mol. The second kappa shape index (κ2) is 6.01. The SMILES string of the molecule is CCN1CCCC(NCc2ncc[nH]2)CC1. The molecule has 1 aliphatic heterocycles. The van der Waals surface area contributed by atoms with Crippen LogP contribution in [0.3, 0.4) is 0 Å². The lowest BCUT2D eigenvalue weighted by Crippen LogP contribution is -2.30. The summed E-state index contributed by atoms with van der Waals surface area (Å²) in [5.41, 5.74) is 0. The monoisotopic (exact) mass is 222 g/mol. The molecule has 1 aromatic heterocycles. The zero-order chi connectivity index (χ0) is 11.2. The van der Waals surface area contributed by atoms with Crippen molar-refractivity contribution in [3.63, 3.8) is 0 Å². The zero-order valence-electron chi connectivity index (χ0n) is 10.1. The summed E-state index contributed by atoms with van der Waals surface area (Å²) in [5, 5.41) is 3.59. The van der Waals surface area contributed by atoms with E-state index in [4.69, 9.17) is 0 Å². The molecule has 16 heavy (non-hydrogen) atoms. The molecular formula is C12H22N4. The van der Waals surface area contributed by atoms with Crippen LogP contribution in [0.5, 0.6) is 0 Å². The maximum absolute atomic E-state index is 4.23. The highest BCUT2D eigenvalue weighted by Crippen LogP contribution is 2.10. The molecule has 4 nitrogen and oxygen atoms in total. The number of hydrogen-bond acceptors (Lipinski definition) is 3. The number of nitrogens with zero attached hydrogens (tertiary/aromatic N) is 2. The quantitative estimate of drug-likeness (QED) is 0.809. The number of hydrogen-bond donors (Lipinski definition) is 2. The van der Waals surface area contributed by atoms with Gasteiger partial charge in [-0.1, -0.05) is 6.92 Å². The second-order valence-corrected chi connectivity index (χ2v) is 4.48. The maximum Gasteiger partial charge on any atom is 0.120 e.